The SMILES string of the molecule is C[C@@H](C(=O)N[C@H](C(=O)N1C[C@@H]2C[C@H]1C(=O)N[C@@H](Cc1ccc3ccccc3c1)C(=O)N[C@H](C(=O)OC(C)(C)C)Cc1ccc(cc1)OC/C(N=N)=C\N[C@H]1C[C@@H](C(=O)N[C@@H](Cc3ccc4ccccc4c3)C(=O)N[C@H](c3nnn[nH]3)Cc3ccc(cc3)OCc3cn2nn3)N(C(=O)[C@@H](NC(=O)[C@H](C)N(C)C(=O)OC(C)(C)C)C(C)(C)C)C1)C(C)(C)C)N(C)C(=O)OC(C)(C)C. The number of hydrogen-bond donors (Lipinski definition) is 9. The van der Waals surface area contributed by atoms with E-state index < -0.39 is 166 Å². The molecule has 0 spiro atoms. The summed E-state index contributed by atoms with van der Waals surface area (Å²) in [5.74, 6) is -5.56. The zero-order valence-corrected chi connectivity index (χ0v) is 77.3. The topological polar surface area (TPSA) is 452 Å². The number of benzene rings is 6. The van der Waals surface area contributed by atoms with Crippen LogP contribution in [0.3, 0.4) is 0 Å². The van der Waals surface area contributed by atoms with Crippen LogP contribution in [-0.2, 0) is 89.7 Å². The maximum atomic E-state index is 15.8. The van der Waals surface area contributed by atoms with Gasteiger partial charge in [0.1, 0.15) is 107 Å². The van der Waals surface area contributed by atoms with Crippen molar-refractivity contribution >= 4 is 87.0 Å². The molecule has 0 unspecified atom stereocenters. The van der Waals surface area contributed by atoms with Crippen LogP contribution in [0.15, 0.2) is 157 Å². The Hall–Kier alpha value is -13.4. The monoisotopic (exact) mass is 1790 g/mol. The number of likely N-dealkylation sites (tertiary alicyclic amines) is 2. The Bertz CT molecular complexity index is 5460. The summed E-state index contributed by atoms with van der Waals surface area (Å²) < 4.78 is 31.2. The average Bonchev–Trinajstić information content (AvgIpc) is 1.62. The molecular formula is C94H122N20O16. The lowest BCUT2D eigenvalue weighted by molar-refractivity contribution is -0.158. The summed E-state index contributed by atoms with van der Waals surface area (Å²) in [6, 6.07) is 26.0. The molecule has 6 aliphatic rings. The van der Waals surface area contributed by atoms with E-state index in [9.17, 15) is 24.0 Å². The number of likely N-dealkylation sites (N-methyl/N-ethyl adjacent to an activating group) is 2. The Kier molecular flexibility index (Phi) is 30.6. The van der Waals surface area contributed by atoms with Gasteiger partial charge in [-0.2, -0.15) is 5.11 Å². The highest BCUT2D eigenvalue weighted by atomic mass is 16.6. The molecule has 8 aromatic rings. The standard InChI is InChI=1S/C94H122N20O16/c1-54(110(18)88(124)129-93(12,13)14)79(115)101-76(90(3,4)5)85(121)112-49-64-46-74(112)83(119)98-71(44-58-28-34-60-24-20-22-26-62(60)40-58)81(117)97-70(78-105-107-108-106-78)42-56-30-36-69(37-31-56)127-53-66-50-114(109-104-66)67-47-75(113(51-67)86(122)77(91(6,7)8)102-80(116)55(2)111(19)89(125)130-94(15,16)17)84(120)99-72(45-59-29-35-61-25-21-23-27-63(61)41-59)82(118)100-73(87(123)128-92(9,10)11)43-57-32-38-68(39-33-57)126-52-65(103-95)48-96-64/h20-41,48,50,54-55,64,67,70-77,95-96H,42-47,49,51-53H2,1-19H3,(H,97,117)(H,98,119)(H,99,120)(H,100,118)(H,101,115)(H,102,116)(H,105,106,107,108)/b65-48+,103-95?/t54-,55-,64-,67-,70-,71-,72-,73-,74-,75-,76+,77+/m0/s1. The predicted molar refractivity (Wildman–Crippen MR) is 481 cm³/mol. The summed E-state index contributed by atoms with van der Waals surface area (Å²) >= 11 is 0. The van der Waals surface area contributed by atoms with E-state index in [4.69, 9.17) is 29.2 Å². The molecule has 10 bridgehead atoms. The Morgan fingerprint density at radius 3 is 1.48 bits per heavy atom. The molecule has 9 N–H and O–H groups in total. The number of carbonyl (C=O) groups is 11. The first-order valence-corrected chi connectivity index (χ1v) is 43.6. The number of amides is 10. The van der Waals surface area contributed by atoms with E-state index in [0.29, 0.717) is 39.4 Å². The predicted octanol–water partition coefficient (Wildman–Crippen LogP) is 9.14. The quantitative estimate of drug-likeness (QED) is 0.0262. The van der Waals surface area contributed by atoms with Crippen LogP contribution in [-0.4, -0.2) is 232 Å². The third-order valence-electron chi connectivity index (χ3n) is 22.7. The minimum atomic E-state index is -1.43. The van der Waals surface area contributed by atoms with Crippen molar-refractivity contribution in [2.75, 3.05) is 33.8 Å². The Labute approximate surface area is 756 Å². The number of rotatable bonds is 15. The fourth-order valence-corrected chi connectivity index (χ4v) is 15.3. The summed E-state index contributed by atoms with van der Waals surface area (Å²) in [6.45, 7) is 28.0. The first-order chi connectivity index (χ1) is 61.1. The second-order valence-corrected chi connectivity index (χ2v) is 38.7. The van der Waals surface area contributed by atoms with E-state index >= 15 is 28.8 Å². The normalized spacial score (nSPS) is 21.0. The van der Waals surface area contributed by atoms with Crippen LogP contribution in [0.4, 0.5) is 9.59 Å². The molecule has 36 heteroatoms. The smallest absolute Gasteiger partial charge is 0.410 e. The molecule has 130 heavy (non-hydrogen) atoms. The number of tetrazole rings is 1. The van der Waals surface area contributed by atoms with Crippen LogP contribution in [0.5, 0.6) is 11.5 Å². The number of nitrogens with one attached hydrogen (secondary N) is 9. The Morgan fingerprint density at radius 1 is 0.546 bits per heavy atom. The number of aromatic nitrogens is 7. The van der Waals surface area contributed by atoms with Gasteiger partial charge in [-0.3, -0.25) is 48.2 Å². The molecule has 14 rings (SSSR count). The zero-order valence-electron chi connectivity index (χ0n) is 77.3. The molecule has 0 saturated carbocycles. The molecular weight excluding hydrogens is 1670 g/mol. The van der Waals surface area contributed by atoms with Gasteiger partial charge in [-0.25, -0.2) is 29.7 Å². The molecule has 6 aliphatic heterocycles. The van der Waals surface area contributed by atoms with Gasteiger partial charge >= 0.3 is 18.2 Å². The largest absolute Gasteiger partial charge is 0.487 e. The van der Waals surface area contributed by atoms with E-state index in [1.54, 1.807) is 159 Å². The second-order valence-electron chi connectivity index (χ2n) is 38.7. The minimum Gasteiger partial charge on any atom is -0.487 e. The third-order valence-corrected chi connectivity index (χ3v) is 22.7. The van der Waals surface area contributed by atoms with Crippen molar-refractivity contribution in [2.24, 2.45) is 15.9 Å². The van der Waals surface area contributed by atoms with Crippen LogP contribution in [0.1, 0.15) is 176 Å². The third kappa shape index (κ3) is 26.0. The van der Waals surface area contributed by atoms with Crippen molar-refractivity contribution in [3.05, 3.63) is 185 Å². The molecule has 2 saturated heterocycles. The van der Waals surface area contributed by atoms with Crippen LogP contribution in [0.25, 0.3) is 21.5 Å². The molecule has 8 heterocycles. The number of hydrogen-bond acceptors (Lipinski definition) is 24. The first kappa shape index (κ1) is 97.2. The van der Waals surface area contributed by atoms with Gasteiger partial charge in [0, 0.05) is 71.5 Å². The summed E-state index contributed by atoms with van der Waals surface area (Å²) in [5.41, 5.74) is 6.37. The van der Waals surface area contributed by atoms with Gasteiger partial charge in [0.2, 0.25) is 47.3 Å². The fourth-order valence-electron chi connectivity index (χ4n) is 15.3. The Balaban J connectivity index is 0.951. The molecule has 2 aromatic heterocycles. The zero-order chi connectivity index (χ0) is 94.6. The molecule has 10 amide bonds. The van der Waals surface area contributed by atoms with Crippen LogP contribution < -0.4 is 46.7 Å². The average molecular weight is 1790 g/mol. The number of ether oxygens (including phenoxy) is 5. The van der Waals surface area contributed by atoms with Gasteiger partial charge in [0.15, 0.2) is 5.82 Å². The van der Waals surface area contributed by atoms with E-state index in [0.717, 1.165) is 31.3 Å². The highest BCUT2D eigenvalue weighted by molar-refractivity contribution is 5.99. The van der Waals surface area contributed by atoms with E-state index in [1.807, 2.05) is 84.9 Å². The van der Waals surface area contributed by atoms with E-state index in [2.05, 4.69) is 73.3 Å². The number of nitrogens with zero attached hydrogens (tertiary/aromatic N) is 11. The molecule has 12 atom stereocenters. The number of esters is 1. The van der Waals surface area contributed by atoms with Crippen molar-refractivity contribution in [1.29, 1.82) is 5.53 Å². The number of H-pyrrole nitrogens is 1. The first-order valence-electron chi connectivity index (χ1n) is 43.6. The van der Waals surface area contributed by atoms with Gasteiger partial charge < -0.3 is 70.7 Å². The molecule has 2 fully saturated rings. The van der Waals surface area contributed by atoms with Crippen molar-refractivity contribution in [1.82, 2.24) is 92.4 Å². The number of aromatic amines is 1. The van der Waals surface area contributed by atoms with Gasteiger partial charge in [-0.05, 0) is 172 Å². The highest BCUT2D eigenvalue weighted by Gasteiger charge is 2.50. The van der Waals surface area contributed by atoms with Crippen molar-refractivity contribution in [3.63, 3.8) is 0 Å². The van der Waals surface area contributed by atoms with Crippen molar-refractivity contribution < 1.29 is 76.4 Å². The molecule has 0 radical (unpaired) electrons. The van der Waals surface area contributed by atoms with Crippen LogP contribution in [0.2, 0.25) is 0 Å². The van der Waals surface area contributed by atoms with Gasteiger partial charge in [-0.1, -0.05) is 156 Å². The summed E-state index contributed by atoms with van der Waals surface area (Å²) in [6.07, 6.45) is 1.13. The molecule has 0 aliphatic carbocycles. The highest BCUT2D eigenvalue weighted by Crippen LogP contribution is 2.34. The van der Waals surface area contributed by atoms with Gasteiger partial charge in [0.25, 0.3) is 0 Å². The lowest BCUT2D eigenvalue weighted by Gasteiger charge is -2.37. The van der Waals surface area contributed by atoms with Crippen LogP contribution in [0, 0.1) is 16.4 Å². The maximum Gasteiger partial charge on any atom is 0.410 e. The molecule has 36 nitrogen and oxygen atoms in total. The van der Waals surface area contributed by atoms with Gasteiger partial charge in [-0.15, -0.1) is 10.2 Å². The van der Waals surface area contributed by atoms with E-state index in [1.165, 1.54) is 48.6 Å². The van der Waals surface area contributed by atoms with E-state index in [-0.39, 0.29) is 76.3 Å². The summed E-state index contributed by atoms with van der Waals surface area (Å²) in [4.78, 5) is 169. The minimum absolute atomic E-state index is 0.0531. The van der Waals surface area contributed by atoms with Crippen molar-refractivity contribution in [3.8, 4) is 11.5 Å². The number of carbonyl (C=O) groups excluding carboxylic acids is 11. The summed E-state index contributed by atoms with van der Waals surface area (Å²) in [7, 11) is 2.82. The number of fused-ring (bicyclic) bond motifs is 2. The molecule has 694 valence electrons. The summed E-state index contributed by atoms with van der Waals surface area (Å²) in [5, 5.41) is 52.1. The lowest BCUT2D eigenvalue weighted by Crippen LogP contribution is -2.61. The molecule has 6 aromatic carbocycles. The Morgan fingerprint density at radius 2 is 1.01 bits per heavy atom. The van der Waals surface area contributed by atoms with Crippen molar-refractivity contribution in [2.45, 2.75) is 252 Å². The second kappa shape index (κ2) is 40.9. The van der Waals surface area contributed by atoms with Gasteiger partial charge in [0.05, 0.1) is 18.3 Å². The fraction of sp³-hybridized carbons (Fsp3) is 0.489. The maximum absolute atomic E-state index is 15.8. The lowest BCUT2D eigenvalue weighted by atomic mass is 9.85. The van der Waals surface area contributed by atoms with Crippen LogP contribution >= 0.6 is 0 Å².